The number of halogens is 1. The van der Waals surface area contributed by atoms with E-state index in [1.54, 1.807) is 0 Å². The van der Waals surface area contributed by atoms with E-state index in [1.165, 1.54) is 26.2 Å². The van der Waals surface area contributed by atoms with Crippen LogP contribution in [0.25, 0.3) is 0 Å². The predicted molar refractivity (Wildman–Crippen MR) is 64.3 cm³/mol. The maximum absolute atomic E-state index is 11.2. The fourth-order valence-electron chi connectivity index (χ4n) is 1.24. The molecule has 0 rings (SSSR count). The van der Waals surface area contributed by atoms with Gasteiger partial charge < -0.3 is 5.32 Å². The van der Waals surface area contributed by atoms with Gasteiger partial charge in [0.15, 0.2) is 5.78 Å². The highest BCUT2D eigenvalue weighted by Gasteiger charge is 2.01. The molecular weight excluding hydrogens is 214 g/mol. The number of amides is 1. The summed E-state index contributed by atoms with van der Waals surface area (Å²) in [7, 11) is 0. The second-order valence-electron chi connectivity index (χ2n) is 3.61. The van der Waals surface area contributed by atoms with Crippen LogP contribution in [0.4, 0.5) is 0 Å². The molecule has 0 aliphatic heterocycles. The van der Waals surface area contributed by atoms with Crippen LogP contribution in [0.3, 0.4) is 0 Å². The first-order valence-corrected chi connectivity index (χ1v) is 5.43. The Morgan fingerprint density at radius 1 is 1.07 bits per heavy atom. The van der Waals surface area contributed by atoms with Crippen molar-refractivity contribution in [3.8, 4) is 0 Å². The minimum absolute atomic E-state index is 0. The normalized spacial score (nSPS) is 9.20. The smallest absolute Gasteiger partial charge is 0.217 e. The summed E-state index contributed by atoms with van der Waals surface area (Å²) in [5.74, 6) is 0.000955. The number of hydrogen-bond donors (Lipinski definition) is 1. The maximum Gasteiger partial charge on any atom is 0.217 e. The number of carbonyl (C=O) groups excluding carboxylic acids is 2. The molecule has 0 atom stereocenters. The molecule has 15 heavy (non-hydrogen) atoms. The van der Waals surface area contributed by atoms with E-state index in [1.807, 2.05) is 0 Å². The van der Waals surface area contributed by atoms with Gasteiger partial charge >= 0.3 is 0 Å². The molecule has 0 spiro atoms. The molecule has 1 N–H and O–H groups in total. The van der Waals surface area contributed by atoms with Crippen molar-refractivity contribution in [2.24, 2.45) is 0 Å². The van der Waals surface area contributed by atoms with Crippen molar-refractivity contribution in [2.45, 2.75) is 52.4 Å². The largest absolute Gasteiger partial charge is 0.349 e. The topological polar surface area (TPSA) is 46.2 Å². The Balaban J connectivity index is 0. The van der Waals surface area contributed by atoms with E-state index in [-0.39, 0.29) is 30.6 Å². The van der Waals surface area contributed by atoms with Crippen LogP contribution in [0.1, 0.15) is 52.4 Å². The van der Waals surface area contributed by atoms with Gasteiger partial charge in [0.05, 0.1) is 6.54 Å². The molecule has 1 amide bonds. The van der Waals surface area contributed by atoms with Crippen LogP contribution in [-0.2, 0) is 9.59 Å². The zero-order valence-corrected chi connectivity index (χ0v) is 10.5. The van der Waals surface area contributed by atoms with Crippen molar-refractivity contribution in [1.82, 2.24) is 5.32 Å². The summed E-state index contributed by atoms with van der Waals surface area (Å²) in [6.07, 6.45) is 6.37. The van der Waals surface area contributed by atoms with Crippen LogP contribution < -0.4 is 5.32 Å². The highest BCUT2D eigenvalue weighted by Crippen LogP contribution is 2.04. The Morgan fingerprint density at radius 2 is 1.67 bits per heavy atom. The molecule has 0 saturated carbocycles. The van der Waals surface area contributed by atoms with Crippen molar-refractivity contribution >= 4 is 24.1 Å². The maximum atomic E-state index is 11.2. The Morgan fingerprint density at radius 3 is 2.20 bits per heavy atom. The molecule has 0 aromatic carbocycles. The standard InChI is InChI=1S/C11H21NO2.ClH/c1-3-4-5-6-7-8-11(14)9-12-10(2)13;/h3-9H2,1-2H3,(H,12,13);1H. The predicted octanol–water partition coefficient (Wildman–Crippen LogP) is 2.47. The number of carbonyl (C=O) groups is 2. The molecule has 0 saturated heterocycles. The first-order valence-electron chi connectivity index (χ1n) is 5.43. The van der Waals surface area contributed by atoms with Crippen molar-refractivity contribution in [3.05, 3.63) is 0 Å². The quantitative estimate of drug-likeness (QED) is 0.657. The zero-order valence-electron chi connectivity index (χ0n) is 9.67. The lowest BCUT2D eigenvalue weighted by Gasteiger charge is -2.01. The summed E-state index contributed by atoms with van der Waals surface area (Å²) in [5.41, 5.74) is 0. The van der Waals surface area contributed by atoms with Crippen molar-refractivity contribution in [2.75, 3.05) is 6.54 Å². The number of hydrogen-bond acceptors (Lipinski definition) is 2. The Hall–Kier alpha value is -0.570. The van der Waals surface area contributed by atoms with Gasteiger partial charge in [0, 0.05) is 13.3 Å². The molecule has 0 aromatic rings. The summed E-state index contributed by atoms with van der Waals surface area (Å²) in [6.45, 7) is 3.79. The molecule has 90 valence electrons. The third kappa shape index (κ3) is 13.4. The van der Waals surface area contributed by atoms with Crippen molar-refractivity contribution < 1.29 is 9.59 Å². The molecule has 3 nitrogen and oxygen atoms in total. The molecule has 0 heterocycles. The fourth-order valence-corrected chi connectivity index (χ4v) is 1.24. The summed E-state index contributed by atoms with van der Waals surface area (Å²) in [4.78, 5) is 21.7. The number of unbranched alkanes of at least 4 members (excludes halogenated alkanes) is 4. The van der Waals surface area contributed by atoms with E-state index in [2.05, 4.69) is 12.2 Å². The van der Waals surface area contributed by atoms with Gasteiger partial charge in [0.1, 0.15) is 0 Å². The Kier molecular flexibility index (Phi) is 12.9. The second-order valence-corrected chi connectivity index (χ2v) is 3.61. The molecule has 0 fully saturated rings. The van der Waals surface area contributed by atoms with Gasteiger partial charge in [-0.15, -0.1) is 12.4 Å². The van der Waals surface area contributed by atoms with Gasteiger partial charge in [0.2, 0.25) is 5.91 Å². The van der Waals surface area contributed by atoms with Gasteiger partial charge in [-0.2, -0.15) is 0 Å². The lowest BCUT2D eigenvalue weighted by molar-refractivity contribution is -0.123. The van der Waals surface area contributed by atoms with Crippen molar-refractivity contribution in [1.29, 1.82) is 0 Å². The van der Waals surface area contributed by atoms with Gasteiger partial charge in [-0.25, -0.2) is 0 Å². The Labute approximate surface area is 98.4 Å². The van der Waals surface area contributed by atoms with Crippen LogP contribution in [0.15, 0.2) is 0 Å². The molecule has 0 aliphatic rings. The lowest BCUT2D eigenvalue weighted by atomic mass is 10.1. The van der Waals surface area contributed by atoms with Gasteiger partial charge in [-0.1, -0.05) is 32.6 Å². The molecular formula is C11H22ClNO2. The van der Waals surface area contributed by atoms with Crippen LogP contribution in [0.2, 0.25) is 0 Å². The van der Waals surface area contributed by atoms with E-state index in [0.29, 0.717) is 6.42 Å². The van der Waals surface area contributed by atoms with Crippen LogP contribution in [0, 0.1) is 0 Å². The zero-order chi connectivity index (χ0) is 10.8. The Bertz CT molecular complexity index is 183. The highest BCUT2D eigenvalue weighted by molar-refractivity contribution is 5.85. The third-order valence-corrected chi connectivity index (χ3v) is 2.09. The summed E-state index contributed by atoms with van der Waals surface area (Å²) in [5, 5.41) is 2.51. The monoisotopic (exact) mass is 235 g/mol. The van der Waals surface area contributed by atoms with Gasteiger partial charge in [-0.05, 0) is 6.42 Å². The van der Waals surface area contributed by atoms with E-state index >= 15 is 0 Å². The average Bonchev–Trinajstić information content (AvgIpc) is 2.14. The summed E-state index contributed by atoms with van der Waals surface area (Å²) < 4.78 is 0. The summed E-state index contributed by atoms with van der Waals surface area (Å²) >= 11 is 0. The van der Waals surface area contributed by atoms with Gasteiger partial charge in [-0.3, -0.25) is 9.59 Å². The summed E-state index contributed by atoms with van der Waals surface area (Å²) in [6, 6.07) is 0. The third-order valence-electron chi connectivity index (χ3n) is 2.09. The highest BCUT2D eigenvalue weighted by atomic mass is 35.5. The number of ketones is 1. The SMILES string of the molecule is CCCCCCCC(=O)CNC(C)=O.Cl. The van der Waals surface area contributed by atoms with Crippen LogP contribution in [-0.4, -0.2) is 18.2 Å². The van der Waals surface area contributed by atoms with E-state index < -0.39 is 0 Å². The molecule has 4 heteroatoms. The van der Waals surface area contributed by atoms with E-state index in [9.17, 15) is 9.59 Å². The van der Waals surface area contributed by atoms with Gasteiger partial charge in [0.25, 0.3) is 0 Å². The first kappa shape index (κ1) is 16.8. The molecule has 0 unspecified atom stereocenters. The molecule has 0 aromatic heterocycles. The van der Waals surface area contributed by atoms with E-state index in [0.717, 1.165) is 12.8 Å². The first-order chi connectivity index (χ1) is 6.66. The number of rotatable bonds is 8. The van der Waals surface area contributed by atoms with Crippen molar-refractivity contribution in [3.63, 3.8) is 0 Å². The minimum atomic E-state index is -0.135. The molecule has 0 radical (unpaired) electrons. The lowest BCUT2D eigenvalue weighted by Crippen LogP contribution is -2.26. The average molecular weight is 236 g/mol. The van der Waals surface area contributed by atoms with Crippen LogP contribution >= 0.6 is 12.4 Å². The van der Waals surface area contributed by atoms with Crippen LogP contribution in [0.5, 0.6) is 0 Å². The fraction of sp³-hybridized carbons (Fsp3) is 0.818. The minimum Gasteiger partial charge on any atom is -0.349 e. The number of nitrogens with one attached hydrogen (secondary N) is 1. The molecule has 0 bridgehead atoms. The number of Topliss-reactive ketones (excluding diaryl/α,β-unsaturated/α-hetero) is 1. The molecule has 0 aliphatic carbocycles. The van der Waals surface area contributed by atoms with E-state index in [4.69, 9.17) is 0 Å². The second kappa shape index (κ2) is 11.5.